The molecule has 2 amide bonds. The van der Waals surface area contributed by atoms with Gasteiger partial charge in [-0.05, 0) is 56.9 Å². The van der Waals surface area contributed by atoms with E-state index >= 15 is 0 Å². The lowest BCUT2D eigenvalue weighted by Gasteiger charge is -2.30. The average molecular weight is 400 g/mol. The van der Waals surface area contributed by atoms with Crippen LogP contribution in [0.15, 0.2) is 23.3 Å². The van der Waals surface area contributed by atoms with E-state index in [9.17, 15) is 9.59 Å². The molecule has 1 unspecified atom stereocenters. The summed E-state index contributed by atoms with van der Waals surface area (Å²) in [6.45, 7) is 9.21. The van der Waals surface area contributed by atoms with Gasteiger partial charge >= 0.3 is 0 Å². The molecule has 2 aliphatic heterocycles. The maximum Gasteiger partial charge on any atom is 0.243 e. The molecule has 0 radical (unpaired) electrons. The van der Waals surface area contributed by atoms with Crippen LogP contribution in [0.2, 0.25) is 0 Å². The van der Waals surface area contributed by atoms with Crippen LogP contribution in [0.1, 0.15) is 70.9 Å². The van der Waals surface area contributed by atoms with E-state index in [0.29, 0.717) is 25.9 Å². The van der Waals surface area contributed by atoms with Gasteiger partial charge in [-0.2, -0.15) is 5.10 Å². The highest BCUT2D eigenvalue weighted by Crippen LogP contribution is 2.42. The van der Waals surface area contributed by atoms with Crippen molar-refractivity contribution in [2.75, 3.05) is 24.6 Å². The first-order valence-electron chi connectivity index (χ1n) is 10.8. The molecule has 0 saturated heterocycles. The fourth-order valence-corrected chi connectivity index (χ4v) is 4.37. The Morgan fingerprint density at radius 1 is 1.21 bits per heavy atom. The molecule has 1 N–H and O–H groups in total. The van der Waals surface area contributed by atoms with Gasteiger partial charge in [0.05, 0.1) is 11.1 Å². The van der Waals surface area contributed by atoms with Gasteiger partial charge in [-0.15, -0.1) is 0 Å². The molecule has 158 valence electrons. The second kappa shape index (κ2) is 8.66. The van der Waals surface area contributed by atoms with Gasteiger partial charge in [0, 0.05) is 37.7 Å². The van der Waals surface area contributed by atoms with Gasteiger partial charge in [-0.3, -0.25) is 9.59 Å². The quantitative estimate of drug-likeness (QED) is 0.728. The highest BCUT2D eigenvalue weighted by Gasteiger charge is 2.43. The normalized spacial score (nSPS) is 20.9. The standard InChI is InChI=1S/C23H33N3O3/c1-5-7-9-16-15-20(28)26(12-8-13-27)24-21(16)17-10-11-19-18(14-17)23(3,4)22(29)25(19)6-2/h10-11,14,16,27H,5-9,12-13,15H2,1-4H3. The van der Waals surface area contributed by atoms with Crippen LogP contribution in [0.4, 0.5) is 5.69 Å². The molecule has 3 rings (SSSR count). The molecule has 0 aromatic heterocycles. The lowest BCUT2D eigenvalue weighted by Crippen LogP contribution is -2.38. The molecule has 2 aliphatic rings. The summed E-state index contributed by atoms with van der Waals surface area (Å²) in [5.41, 5.74) is 3.35. The zero-order valence-electron chi connectivity index (χ0n) is 18.1. The Hall–Kier alpha value is -2.21. The number of carbonyl (C=O) groups is 2. The lowest BCUT2D eigenvalue weighted by molar-refractivity contribution is -0.132. The largest absolute Gasteiger partial charge is 0.396 e. The van der Waals surface area contributed by atoms with Crippen molar-refractivity contribution >= 4 is 23.2 Å². The van der Waals surface area contributed by atoms with Crippen molar-refractivity contribution in [2.45, 2.75) is 65.2 Å². The Bertz CT molecular complexity index is 816. The highest BCUT2D eigenvalue weighted by molar-refractivity contribution is 6.10. The van der Waals surface area contributed by atoms with E-state index in [-0.39, 0.29) is 24.3 Å². The predicted octanol–water partition coefficient (Wildman–Crippen LogP) is 3.46. The van der Waals surface area contributed by atoms with Crippen LogP contribution in [-0.4, -0.2) is 47.3 Å². The van der Waals surface area contributed by atoms with Crippen molar-refractivity contribution < 1.29 is 14.7 Å². The van der Waals surface area contributed by atoms with Crippen LogP contribution in [0.5, 0.6) is 0 Å². The summed E-state index contributed by atoms with van der Waals surface area (Å²) in [6, 6.07) is 6.16. The number of likely N-dealkylation sites (N-methyl/N-ethyl adjacent to an activating group) is 1. The van der Waals surface area contributed by atoms with Gasteiger partial charge < -0.3 is 10.0 Å². The van der Waals surface area contributed by atoms with E-state index in [1.54, 1.807) is 0 Å². The molecule has 6 nitrogen and oxygen atoms in total. The van der Waals surface area contributed by atoms with E-state index in [0.717, 1.165) is 41.8 Å². The fourth-order valence-electron chi connectivity index (χ4n) is 4.37. The molecule has 2 heterocycles. The SMILES string of the molecule is CCCCC1CC(=O)N(CCCO)N=C1c1ccc2c(c1)C(C)(C)C(=O)N2CC. The topological polar surface area (TPSA) is 73.2 Å². The fraction of sp³-hybridized carbons (Fsp3) is 0.609. The summed E-state index contributed by atoms with van der Waals surface area (Å²) in [4.78, 5) is 27.2. The monoisotopic (exact) mass is 399 g/mol. The number of aliphatic hydroxyl groups is 1. The van der Waals surface area contributed by atoms with Gasteiger partial charge in [-0.25, -0.2) is 5.01 Å². The lowest BCUT2D eigenvalue weighted by atomic mass is 9.82. The van der Waals surface area contributed by atoms with Crippen LogP contribution in [0.3, 0.4) is 0 Å². The van der Waals surface area contributed by atoms with E-state index in [1.807, 2.05) is 37.8 Å². The molecule has 0 fully saturated rings. The molecule has 0 saturated carbocycles. The number of nitrogens with zero attached hydrogens (tertiary/aromatic N) is 3. The van der Waals surface area contributed by atoms with Crippen LogP contribution >= 0.6 is 0 Å². The van der Waals surface area contributed by atoms with Gasteiger partial charge in [0.1, 0.15) is 0 Å². The number of carbonyl (C=O) groups excluding carboxylic acids is 2. The Labute approximate surface area is 173 Å². The minimum Gasteiger partial charge on any atom is -0.396 e. The number of hydrazone groups is 1. The van der Waals surface area contributed by atoms with E-state index < -0.39 is 5.41 Å². The molecule has 1 atom stereocenters. The van der Waals surface area contributed by atoms with Crippen molar-refractivity contribution in [3.05, 3.63) is 29.3 Å². The first-order valence-corrected chi connectivity index (χ1v) is 10.8. The summed E-state index contributed by atoms with van der Waals surface area (Å²) in [5.74, 6) is 0.241. The molecular formula is C23H33N3O3. The summed E-state index contributed by atoms with van der Waals surface area (Å²) in [6.07, 6.45) is 4.01. The maximum atomic E-state index is 12.8. The summed E-state index contributed by atoms with van der Waals surface area (Å²) < 4.78 is 0. The summed E-state index contributed by atoms with van der Waals surface area (Å²) in [5, 5.41) is 15.4. The van der Waals surface area contributed by atoms with Crippen molar-refractivity contribution in [3.8, 4) is 0 Å². The van der Waals surface area contributed by atoms with Gasteiger partial charge in [0.25, 0.3) is 0 Å². The minimum absolute atomic E-state index is 0.0251. The molecule has 0 spiro atoms. The van der Waals surface area contributed by atoms with Crippen LogP contribution < -0.4 is 4.90 Å². The Balaban J connectivity index is 2.02. The van der Waals surface area contributed by atoms with Crippen LogP contribution in [0.25, 0.3) is 0 Å². The number of unbranched alkanes of at least 4 members (excludes halogenated alkanes) is 1. The number of rotatable bonds is 8. The maximum absolute atomic E-state index is 12.8. The third-order valence-electron chi connectivity index (χ3n) is 6.11. The number of hydrogen-bond acceptors (Lipinski definition) is 4. The number of anilines is 1. The Morgan fingerprint density at radius 3 is 2.62 bits per heavy atom. The van der Waals surface area contributed by atoms with Gasteiger partial charge in [-0.1, -0.05) is 25.8 Å². The second-order valence-corrected chi connectivity index (χ2v) is 8.53. The number of fused-ring (bicyclic) bond motifs is 1. The first kappa shape index (κ1) is 21.5. The number of amides is 2. The van der Waals surface area contributed by atoms with Crippen molar-refractivity contribution in [1.29, 1.82) is 0 Å². The smallest absolute Gasteiger partial charge is 0.243 e. The molecule has 6 heteroatoms. The molecule has 1 aromatic rings. The number of aliphatic hydroxyl groups excluding tert-OH is 1. The Morgan fingerprint density at radius 2 is 1.97 bits per heavy atom. The van der Waals surface area contributed by atoms with E-state index in [4.69, 9.17) is 10.2 Å². The second-order valence-electron chi connectivity index (χ2n) is 8.53. The van der Waals surface area contributed by atoms with Gasteiger partial charge in [0.2, 0.25) is 11.8 Å². The van der Waals surface area contributed by atoms with Crippen molar-refractivity contribution in [1.82, 2.24) is 5.01 Å². The summed E-state index contributed by atoms with van der Waals surface area (Å²) >= 11 is 0. The number of benzene rings is 1. The zero-order chi connectivity index (χ0) is 21.2. The first-order chi connectivity index (χ1) is 13.8. The van der Waals surface area contributed by atoms with Crippen LogP contribution in [-0.2, 0) is 15.0 Å². The minimum atomic E-state index is -0.568. The van der Waals surface area contributed by atoms with Gasteiger partial charge in [0.15, 0.2) is 0 Å². The molecule has 0 aliphatic carbocycles. The Kier molecular flexibility index (Phi) is 6.42. The molecule has 1 aromatic carbocycles. The average Bonchev–Trinajstić information content (AvgIpc) is 2.90. The zero-order valence-corrected chi connectivity index (χ0v) is 18.1. The molecular weight excluding hydrogens is 366 g/mol. The third kappa shape index (κ3) is 3.95. The molecule has 29 heavy (non-hydrogen) atoms. The predicted molar refractivity (Wildman–Crippen MR) is 115 cm³/mol. The number of hydrogen-bond donors (Lipinski definition) is 1. The van der Waals surface area contributed by atoms with Crippen LogP contribution in [0, 0.1) is 5.92 Å². The highest BCUT2D eigenvalue weighted by atomic mass is 16.3. The van der Waals surface area contributed by atoms with E-state index in [2.05, 4.69) is 13.0 Å². The summed E-state index contributed by atoms with van der Waals surface area (Å²) in [7, 11) is 0. The van der Waals surface area contributed by atoms with Crippen molar-refractivity contribution in [2.24, 2.45) is 11.0 Å². The van der Waals surface area contributed by atoms with E-state index in [1.165, 1.54) is 5.01 Å². The van der Waals surface area contributed by atoms with Crippen molar-refractivity contribution in [3.63, 3.8) is 0 Å². The third-order valence-corrected chi connectivity index (χ3v) is 6.11. The molecule has 0 bridgehead atoms.